The van der Waals surface area contributed by atoms with Gasteiger partial charge in [0.15, 0.2) is 0 Å². The summed E-state index contributed by atoms with van der Waals surface area (Å²) in [5.41, 5.74) is 7.08. The van der Waals surface area contributed by atoms with E-state index in [1.54, 1.807) is 10.5 Å². The fraction of sp³-hybridized carbons (Fsp3) is 0.222. The van der Waals surface area contributed by atoms with Gasteiger partial charge in [0, 0.05) is 35.7 Å². The average Bonchev–Trinajstić information content (AvgIpc) is 3.05. The monoisotopic (exact) mass is 338 g/mol. The summed E-state index contributed by atoms with van der Waals surface area (Å²) in [6.45, 7) is 4.09. The number of hydrogen-bond donors (Lipinski definition) is 2. The van der Waals surface area contributed by atoms with E-state index >= 15 is 0 Å². The average molecular weight is 338 g/mol. The van der Waals surface area contributed by atoms with Crippen LogP contribution in [-0.4, -0.2) is 22.5 Å². The molecule has 0 spiro atoms. The van der Waals surface area contributed by atoms with E-state index in [0.717, 1.165) is 44.9 Å². The molecule has 3 aromatic rings. The third kappa shape index (κ3) is 2.17. The van der Waals surface area contributed by atoms with E-state index in [-0.39, 0.29) is 5.91 Å². The van der Waals surface area contributed by atoms with Crippen molar-refractivity contribution in [2.45, 2.75) is 20.3 Å². The molecular weight excluding hydrogens is 320 g/mol. The van der Waals surface area contributed by atoms with Crippen molar-refractivity contribution in [3.8, 4) is 5.69 Å². The Labute approximate surface area is 145 Å². The number of amides is 1. The summed E-state index contributed by atoms with van der Waals surface area (Å²) in [7, 11) is 1.90. The second-order valence-electron chi connectivity index (χ2n) is 6.23. The molecule has 1 aromatic carbocycles. The van der Waals surface area contributed by atoms with Crippen LogP contribution < -0.4 is 9.62 Å². The summed E-state index contributed by atoms with van der Waals surface area (Å²) in [4.78, 5) is 16.3. The summed E-state index contributed by atoms with van der Waals surface area (Å²) in [5.74, 6) is 0.0523. The number of hydrogen-bond acceptors (Lipinski definition) is 4. The van der Waals surface area contributed by atoms with Crippen LogP contribution in [0.3, 0.4) is 0 Å². The zero-order chi connectivity index (χ0) is 17.0. The van der Waals surface area contributed by atoms with Gasteiger partial charge in [0.05, 0.1) is 12.1 Å². The van der Waals surface area contributed by atoms with Gasteiger partial charge in [0.25, 0.3) is 0 Å². The molecule has 1 aliphatic rings. The zero-order valence-corrected chi connectivity index (χ0v) is 14.7. The SMILES string of the molecule is Cc1cc(-n2c(C)cc3c(N(C)S)ccnc32)cc2c1NC(=O)C2. The molecule has 0 fully saturated rings. The van der Waals surface area contributed by atoms with Gasteiger partial charge in [-0.25, -0.2) is 4.98 Å². The molecule has 0 saturated heterocycles. The number of thiol groups is 1. The molecule has 4 rings (SSSR count). The van der Waals surface area contributed by atoms with Gasteiger partial charge in [0.1, 0.15) is 5.65 Å². The highest BCUT2D eigenvalue weighted by Gasteiger charge is 2.22. The number of carbonyl (C=O) groups is 1. The van der Waals surface area contributed by atoms with Gasteiger partial charge in [-0.1, -0.05) is 12.8 Å². The molecule has 0 bridgehead atoms. The lowest BCUT2D eigenvalue weighted by Gasteiger charge is -2.14. The van der Waals surface area contributed by atoms with Gasteiger partial charge in [-0.05, 0) is 49.2 Å². The number of aryl methyl sites for hydroxylation is 2. The number of nitrogens with one attached hydrogen (secondary N) is 1. The number of anilines is 2. The Kier molecular flexibility index (Phi) is 3.31. The van der Waals surface area contributed by atoms with Crippen LogP contribution in [-0.2, 0) is 11.2 Å². The third-order valence-electron chi connectivity index (χ3n) is 4.49. The predicted molar refractivity (Wildman–Crippen MR) is 100 cm³/mol. The molecular formula is C18H18N4OS. The molecule has 24 heavy (non-hydrogen) atoms. The molecule has 1 N–H and O–H groups in total. The number of pyridine rings is 1. The van der Waals surface area contributed by atoms with Crippen LogP contribution >= 0.6 is 12.8 Å². The fourth-order valence-corrected chi connectivity index (χ4v) is 3.64. The topological polar surface area (TPSA) is 50.2 Å². The maximum atomic E-state index is 11.7. The van der Waals surface area contributed by atoms with Gasteiger partial charge < -0.3 is 9.62 Å². The Balaban J connectivity index is 1.97. The van der Waals surface area contributed by atoms with Crippen molar-refractivity contribution in [3.63, 3.8) is 0 Å². The van der Waals surface area contributed by atoms with Crippen LogP contribution in [0.5, 0.6) is 0 Å². The normalized spacial score (nSPS) is 13.2. The van der Waals surface area contributed by atoms with Gasteiger partial charge in [-0.2, -0.15) is 0 Å². The molecule has 6 heteroatoms. The minimum absolute atomic E-state index is 0.0523. The van der Waals surface area contributed by atoms with E-state index in [1.807, 2.05) is 20.0 Å². The lowest BCUT2D eigenvalue weighted by atomic mass is 10.1. The largest absolute Gasteiger partial charge is 0.325 e. The molecule has 122 valence electrons. The van der Waals surface area contributed by atoms with Gasteiger partial charge in [-0.3, -0.25) is 9.36 Å². The highest BCUT2D eigenvalue weighted by atomic mass is 32.1. The number of benzene rings is 1. The molecule has 1 aliphatic heterocycles. The minimum Gasteiger partial charge on any atom is -0.325 e. The number of nitrogens with zero attached hydrogens (tertiary/aromatic N) is 3. The summed E-state index contributed by atoms with van der Waals surface area (Å²) in [5, 5.41) is 3.99. The first-order valence-corrected chi connectivity index (χ1v) is 8.19. The highest BCUT2D eigenvalue weighted by molar-refractivity contribution is 7.81. The van der Waals surface area contributed by atoms with E-state index in [9.17, 15) is 4.79 Å². The number of aromatic nitrogens is 2. The Morgan fingerprint density at radius 1 is 1.29 bits per heavy atom. The summed E-state index contributed by atoms with van der Waals surface area (Å²) >= 11 is 4.42. The number of carbonyl (C=O) groups excluding carboxylic acids is 1. The van der Waals surface area contributed by atoms with Crippen LogP contribution in [0.2, 0.25) is 0 Å². The Bertz CT molecular complexity index is 990. The van der Waals surface area contributed by atoms with Crippen molar-refractivity contribution in [1.82, 2.24) is 9.55 Å². The van der Waals surface area contributed by atoms with Crippen molar-refractivity contribution in [2.24, 2.45) is 0 Å². The van der Waals surface area contributed by atoms with Crippen LogP contribution in [0.15, 0.2) is 30.5 Å². The van der Waals surface area contributed by atoms with Crippen molar-refractivity contribution < 1.29 is 4.79 Å². The van der Waals surface area contributed by atoms with Crippen molar-refractivity contribution in [3.05, 3.63) is 47.3 Å². The quantitative estimate of drug-likeness (QED) is 0.704. The third-order valence-corrected chi connectivity index (χ3v) is 4.70. The molecule has 3 heterocycles. The van der Waals surface area contributed by atoms with Crippen LogP contribution in [0, 0.1) is 13.8 Å². The second-order valence-corrected chi connectivity index (χ2v) is 6.83. The minimum atomic E-state index is 0.0523. The lowest BCUT2D eigenvalue weighted by molar-refractivity contribution is -0.115. The molecule has 2 aromatic heterocycles. The molecule has 1 amide bonds. The van der Waals surface area contributed by atoms with E-state index < -0.39 is 0 Å². The molecule has 0 aliphatic carbocycles. The lowest BCUT2D eigenvalue weighted by Crippen LogP contribution is -2.04. The first kappa shape index (κ1) is 15.1. The smallest absolute Gasteiger partial charge is 0.228 e. The van der Waals surface area contributed by atoms with E-state index in [1.165, 1.54) is 0 Å². The first-order chi connectivity index (χ1) is 11.5. The maximum absolute atomic E-state index is 11.7. The summed E-state index contributed by atoms with van der Waals surface area (Å²) < 4.78 is 3.93. The van der Waals surface area contributed by atoms with Gasteiger partial charge in [0.2, 0.25) is 5.91 Å². The molecule has 0 radical (unpaired) electrons. The predicted octanol–water partition coefficient (Wildman–Crippen LogP) is 3.42. The number of rotatable bonds is 2. The van der Waals surface area contributed by atoms with Crippen molar-refractivity contribution >= 4 is 41.1 Å². The van der Waals surface area contributed by atoms with E-state index in [0.29, 0.717) is 6.42 Å². The zero-order valence-electron chi connectivity index (χ0n) is 13.8. The van der Waals surface area contributed by atoms with Gasteiger partial charge >= 0.3 is 0 Å². The number of fused-ring (bicyclic) bond motifs is 2. The van der Waals surface area contributed by atoms with Gasteiger partial charge in [-0.15, -0.1) is 0 Å². The molecule has 0 unspecified atom stereocenters. The summed E-state index contributed by atoms with van der Waals surface area (Å²) in [6.07, 6.45) is 2.23. The van der Waals surface area contributed by atoms with E-state index in [2.05, 4.69) is 52.8 Å². The van der Waals surface area contributed by atoms with Crippen LogP contribution in [0.1, 0.15) is 16.8 Å². The van der Waals surface area contributed by atoms with Crippen LogP contribution in [0.25, 0.3) is 16.7 Å². The Morgan fingerprint density at radius 2 is 2.08 bits per heavy atom. The Hall–Kier alpha value is -2.47. The van der Waals surface area contributed by atoms with Crippen LogP contribution in [0.4, 0.5) is 11.4 Å². The van der Waals surface area contributed by atoms with E-state index in [4.69, 9.17) is 0 Å². The second kappa shape index (κ2) is 5.27. The van der Waals surface area contributed by atoms with Crippen molar-refractivity contribution in [2.75, 3.05) is 16.7 Å². The standard InChI is InChI=1S/C18H18N4OS/c1-10-6-13(8-12-9-16(23)20-17(10)12)22-11(2)7-14-15(21(3)24)4-5-19-18(14)22/h4-8,24H,9H2,1-3H3,(H,20,23). The summed E-state index contributed by atoms with van der Waals surface area (Å²) in [6, 6.07) is 8.24. The first-order valence-electron chi connectivity index (χ1n) is 7.79. The Morgan fingerprint density at radius 3 is 2.83 bits per heavy atom. The maximum Gasteiger partial charge on any atom is 0.228 e. The van der Waals surface area contributed by atoms with Crippen molar-refractivity contribution in [1.29, 1.82) is 0 Å². The molecule has 0 atom stereocenters. The fourth-order valence-electron chi connectivity index (χ4n) is 3.46. The molecule has 0 saturated carbocycles. The molecule has 5 nitrogen and oxygen atoms in total. The highest BCUT2D eigenvalue weighted by Crippen LogP contribution is 2.34.